The van der Waals surface area contributed by atoms with Gasteiger partial charge >= 0.3 is 6.18 Å². The van der Waals surface area contributed by atoms with Gasteiger partial charge in [0.05, 0.1) is 18.6 Å². The minimum atomic E-state index is -4.64. The highest BCUT2D eigenvalue weighted by Crippen LogP contribution is 2.36. The average molecular weight is 285 g/mol. The number of hydrogen-bond donors (Lipinski definition) is 1. The van der Waals surface area contributed by atoms with Crippen LogP contribution in [0.3, 0.4) is 0 Å². The van der Waals surface area contributed by atoms with E-state index in [9.17, 15) is 18.3 Å². The van der Waals surface area contributed by atoms with Gasteiger partial charge in [-0.15, -0.1) is 0 Å². The van der Waals surface area contributed by atoms with Crippen molar-refractivity contribution in [3.05, 3.63) is 42.2 Å². The summed E-state index contributed by atoms with van der Waals surface area (Å²) in [5, 5.41) is 9.19. The molecule has 0 radical (unpaired) electrons. The topological polar surface area (TPSA) is 43.0 Å². The fourth-order valence-electron chi connectivity index (χ4n) is 2.23. The Labute approximate surface area is 113 Å². The summed E-state index contributed by atoms with van der Waals surface area (Å²) in [6.45, 7) is 0.446. The summed E-state index contributed by atoms with van der Waals surface area (Å²) >= 11 is 0. The Hall–Kier alpha value is -1.76. The van der Waals surface area contributed by atoms with Gasteiger partial charge in [-0.1, -0.05) is 0 Å². The number of imidazole rings is 1. The van der Waals surface area contributed by atoms with E-state index in [0.717, 1.165) is 18.5 Å². The summed E-state index contributed by atoms with van der Waals surface area (Å²) < 4.78 is 41.0. The lowest BCUT2D eigenvalue weighted by Crippen LogP contribution is -2.19. The van der Waals surface area contributed by atoms with Crippen molar-refractivity contribution >= 4 is 0 Å². The summed E-state index contributed by atoms with van der Waals surface area (Å²) in [5.41, 5.74) is 0.811. The van der Waals surface area contributed by atoms with Gasteiger partial charge in [0.25, 0.3) is 0 Å². The minimum absolute atomic E-state index is 0.144. The Kier molecular flexibility index (Phi) is 3.08. The molecule has 0 spiro atoms. The third-order valence-electron chi connectivity index (χ3n) is 3.43. The van der Waals surface area contributed by atoms with Crippen LogP contribution in [0.25, 0.3) is 0 Å². The van der Waals surface area contributed by atoms with E-state index >= 15 is 0 Å². The largest absolute Gasteiger partial charge is 0.418 e. The molecule has 2 aromatic heterocycles. The zero-order valence-corrected chi connectivity index (χ0v) is 10.6. The molecule has 4 nitrogen and oxygen atoms in total. The Balaban J connectivity index is 1.75. The van der Waals surface area contributed by atoms with E-state index in [-0.39, 0.29) is 5.56 Å². The zero-order valence-electron chi connectivity index (χ0n) is 10.6. The molecule has 1 saturated carbocycles. The van der Waals surface area contributed by atoms with Crippen LogP contribution in [0.5, 0.6) is 0 Å². The van der Waals surface area contributed by atoms with Gasteiger partial charge in [-0.05, 0) is 18.9 Å². The lowest BCUT2D eigenvalue weighted by atomic mass is 10.2. The molecular weight excluding hydrogens is 271 g/mol. The van der Waals surface area contributed by atoms with Crippen LogP contribution in [0.1, 0.15) is 36.2 Å². The standard InChI is InChI=1S/C13H14F3N3O/c14-13(15,16)12(20)9-3-4-18(6-9)7-11-5-17-8-19(11)10-1-2-10/h3-6,8,10,12,20H,1-2,7H2. The van der Waals surface area contributed by atoms with E-state index in [2.05, 4.69) is 9.55 Å². The normalized spacial score (nSPS) is 17.4. The molecule has 108 valence electrons. The van der Waals surface area contributed by atoms with Crippen LogP contribution in [0.15, 0.2) is 31.0 Å². The van der Waals surface area contributed by atoms with Crippen molar-refractivity contribution < 1.29 is 18.3 Å². The van der Waals surface area contributed by atoms with Crippen molar-refractivity contribution in [2.45, 2.75) is 37.7 Å². The van der Waals surface area contributed by atoms with E-state index in [1.807, 2.05) is 0 Å². The van der Waals surface area contributed by atoms with Crippen molar-refractivity contribution in [1.82, 2.24) is 14.1 Å². The highest BCUT2D eigenvalue weighted by molar-refractivity contribution is 5.16. The molecule has 0 saturated heterocycles. The van der Waals surface area contributed by atoms with E-state index in [1.165, 1.54) is 18.5 Å². The number of aliphatic hydroxyl groups excluding tert-OH is 1. The average Bonchev–Trinajstić information content (AvgIpc) is 2.94. The molecule has 0 aliphatic heterocycles. The van der Waals surface area contributed by atoms with Crippen molar-refractivity contribution in [2.75, 3.05) is 0 Å². The molecule has 1 aliphatic carbocycles. The second-order valence-corrected chi connectivity index (χ2v) is 5.08. The van der Waals surface area contributed by atoms with Gasteiger partial charge in [0, 0.05) is 30.2 Å². The summed E-state index contributed by atoms with van der Waals surface area (Å²) in [6, 6.07) is 1.76. The van der Waals surface area contributed by atoms with Crippen molar-refractivity contribution in [2.24, 2.45) is 0 Å². The van der Waals surface area contributed by atoms with Crippen molar-refractivity contribution in [3.63, 3.8) is 0 Å². The molecule has 3 rings (SSSR count). The Morgan fingerprint density at radius 1 is 1.40 bits per heavy atom. The van der Waals surface area contributed by atoms with Gasteiger partial charge in [-0.25, -0.2) is 4.98 Å². The van der Waals surface area contributed by atoms with Crippen LogP contribution in [-0.2, 0) is 6.54 Å². The third-order valence-corrected chi connectivity index (χ3v) is 3.43. The number of nitrogens with zero attached hydrogens (tertiary/aromatic N) is 3. The lowest BCUT2D eigenvalue weighted by molar-refractivity contribution is -0.206. The summed E-state index contributed by atoms with van der Waals surface area (Å²) in [4.78, 5) is 4.08. The third kappa shape index (κ3) is 2.58. The molecule has 2 heterocycles. The summed E-state index contributed by atoms with van der Waals surface area (Å²) in [6.07, 6.45) is 1.50. The summed E-state index contributed by atoms with van der Waals surface area (Å²) in [7, 11) is 0. The van der Waals surface area contributed by atoms with Gasteiger partial charge in [-0.2, -0.15) is 13.2 Å². The summed E-state index contributed by atoms with van der Waals surface area (Å²) in [5.74, 6) is 0. The molecule has 20 heavy (non-hydrogen) atoms. The molecule has 2 aromatic rings. The second-order valence-electron chi connectivity index (χ2n) is 5.08. The van der Waals surface area contributed by atoms with Gasteiger partial charge in [0.15, 0.2) is 6.10 Å². The molecule has 1 aliphatic rings. The van der Waals surface area contributed by atoms with Gasteiger partial charge in [-0.3, -0.25) is 0 Å². The Morgan fingerprint density at radius 2 is 2.15 bits per heavy atom. The van der Waals surface area contributed by atoms with Crippen molar-refractivity contribution in [1.29, 1.82) is 0 Å². The Morgan fingerprint density at radius 3 is 2.80 bits per heavy atom. The fourth-order valence-corrected chi connectivity index (χ4v) is 2.23. The molecule has 0 amide bonds. The van der Waals surface area contributed by atoms with Crippen LogP contribution in [-0.4, -0.2) is 25.4 Å². The SMILES string of the molecule is OC(c1ccn(Cc2cncn2C2CC2)c1)C(F)(F)F. The van der Waals surface area contributed by atoms with E-state index < -0.39 is 12.3 Å². The highest BCUT2D eigenvalue weighted by Gasteiger charge is 2.39. The van der Waals surface area contributed by atoms with E-state index in [0.29, 0.717) is 12.6 Å². The molecule has 7 heteroatoms. The zero-order chi connectivity index (χ0) is 14.3. The molecule has 1 N–H and O–H groups in total. The first kappa shape index (κ1) is 13.2. The maximum atomic E-state index is 12.4. The number of alkyl halides is 3. The molecule has 1 atom stereocenters. The maximum Gasteiger partial charge on any atom is 0.418 e. The minimum Gasteiger partial charge on any atom is -0.379 e. The van der Waals surface area contributed by atoms with Crippen molar-refractivity contribution in [3.8, 4) is 0 Å². The van der Waals surface area contributed by atoms with Crippen LogP contribution >= 0.6 is 0 Å². The van der Waals surface area contributed by atoms with Gasteiger partial charge in [0.2, 0.25) is 0 Å². The van der Waals surface area contributed by atoms with Crippen LogP contribution in [0.4, 0.5) is 13.2 Å². The number of halogens is 3. The number of rotatable bonds is 4. The molecule has 0 aromatic carbocycles. The predicted molar refractivity (Wildman–Crippen MR) is 65.0 cm³/mol. The van der Waals surface area contributed by atoms with Crippen LogP contribution in [0, 0.1) is 0 Å². The van der Waals surface area contributed by atoms with E-state index in [1.54, 1.807) is 17.1 Å². The number of aliphatic hydroxyl groups is 1. The number of hydrogen-bond acceptors (Lipinski definition) is 2. The van der Waals surface area contributed by atoms with Gasteiger partial charge in [0.1, 0.15) is 0 Å². The molecule has 0 bridgehead atoms. The fraction of sp³-hybridized carbons (Fsp3) is 0.462. The maximum absolute atomic E-state index is 12.4. The molecular formula is C13H14F3N3O. The second kappa shape index (κ2) is 4.66. The van der Waals surface area contributed by atoms with E-state index in [4.69, 9.17) is 0 Å². The first-order valence-electron chi connectivity index (χ1n) is 6.36. The van der Waals surface area contributed by atoms with Gasteiger partial charge < -0.3 is 14.2 Å². The first-order valence-corrected chi connectivity index (χ1v) is 6.36. The first-order chi connectivity index (χ1) is 9.45. The lowest BCUT2D eigenvalue weighted by Gasteiger charge is -2.12. The number of aromatic nitrogens is 3. The quantitative estimate of drug-likeness (QED) is 0.938. The molecule has 1 unspecified atom stereocenters. The predicted octanol–water partition coefficient (Wildman–Crippen LogP) is 2.66. The monoisotopic (exact) mass is 285 g/mol. The molecule has 1 fully saturated rings. The highest BCUT2D eigenvalue weighted by atomic mass is 19.4. The van der Waals surface area contributed by atoms with Crippen LogP contribution in [0.2, 0.25) is 0 Å². The Bertz CT molecular complexity index is 598. The van der Waals surface area contributed by atoms with Crippen LogP contribution < -0.4 is 0 Å². The smallest absolute Gasteiger partial charge is 0.379 e.